The molecule has 0 unspecified atom stereocenters. The van der Waals surface area contributed by atoms with Crippen molar-refractivity contribution in [2.24, 2.45) is 0 Å². The van der Waals surface area contributed by atoms with Gasteiger partial charge in [-0.3, -0.25) is 14.5 Å². The van der Waals surface area contributed by atoms with Crippen LogP contribution >= 0.6 is 0 Å². The highest BCUT2D eigenvalue weighted by atomic mass is 19.1. The number of aromatic nitrogens is 1. The number of halogens is 1. The first-order chi connectivity index (χ1) is 13.0. The van der Waals surface area contributed by atoms with E-state index in [0.717, 1.165) is 41.9 Å². The van der Waals surface area contributed by atoms with Crippen LogP contribution in [-0.4, -0.2) is 38.7 Å². The molecule has 2 fully saturated rings. The lowest BCUT2D eigenvalue weighted by molar-refractivity contribution is -0.144. The van der Waals surface area contributed by atoms with Crippen molar-refractivity contribution in [2.75, 3.05) is 0 Å². The van der Waals surface area contributed by atoms with E-state index in [1.807, 2.05) is 0 Å². The van der Waals surface area contributed by atoms with Gasteiger partial charge in [-0.2, -0.15) is 0 Å². The molecule has 140 valence electrons. The molecule has 4 rings (SSSR count). The molecular weight excluding hydrogens is 353 g/mol. The molecule has 2 aromatic rings. The van der Waals surface area contributed by atoms with E-state index in [1.165, 1.54) is 18.3 Å². The van der Waals surface area contributed by atoms with Gasteiger partial charge in [0.05, 0.1) is 6.20 Å². The van der Waals surface area contributed by atoms with Gasteiger partial charge in [0, 0.05) is 11.6 Å². The van der Waals surface area contributed by atoms with Gasteiger partial charge in [-0.1, -0.05) is 19.3 Å². The Bertz CT molecular complexity index is 887. The topological polar surface area (TPSA) is 83.7 Å². The minimum absolute atomic E-state index is 0.134. The fourth-order valence-corrected chi connectivity index (χ4v) is 3.59. The summed E-state index contributed by atoms with van der Waals surface area (Å²) >= 11 is 0. The fourth-order valence-electron chi connectivity index (χ4n) is 3.59. The quantitative estimate of drug-likeness (QED) is 0.609. The average Bonchev–Trinajstić information content (AvgIpc) is 3.22. The molecule has 1 aliphatic heterocycles. The standard InChI is InChI=1S/C19H18FN3O4/c20-13-8-6-12(7-9-13)15-10-21-16(27-15)11-22-17(24)18(25)23(19(22)26)14-4-2-1-3-5-14/h6-10,14H,1-5,11H2. The number of imide groups is 2. The van der Waals surface area contributed by atoms with Crippen molar-refractivity contribution >= 4 is 17.8 Å². The number of nitrogens with zero attached hydrogens (tertiary/aromatic N) is 3. The molecule has 7 nitrogen and oxygen atoms in total. The van der Waals surface area contributed by atoms with Crippen molar-refractivity contribution in [3.63, 3.8) is 0 Å². The van der Waals surface area contributed by atoms with Crippen molar-refractivity contribution in [2.45, 2.75) is 44.7 Å². The summed E-state index contributed by atoms with van der Waals surface area (Å²) < 4.78 is 18.6. The summed E-state index contributed by atoms with van der Waals surface area (Å²) in [4.78, 5) is 43.3. The maximum absolute atomic E-state index is 13.0. The molecule has 0 atom stereocenters. The van der Waals surface area contributed by atoms with Crippen molar-refractivity contribution in [1.82, 2.24) is 14.8 Å². The van der Waals surface area contributed by atoms with Gasteiger partial charge in [0.15, 0.2) is 5.76 Å². The Hall–Kier alpha value is -3.03. The zero-order chi connectivity index (χ0) is 19.0. The van der Waals surface area contributed by atoms with Gasteiger partial charge in [0.2, 0.25) is 5.89 Å². The highest BCUT2D eigenvalue weighted by Crippen LogP contribution is 2.28. The van der Waals surface area contributed by atoms with Gasteiger partial charge < -0.3 is 4.42 Å². The molecule has 0 spiro atoms. The van der Waals surface area contributed by atoms with Crippen LogP contribution in [-0.2, 0) is 16.1 Å². The number of hydrogen-bond acceptors (Lipinski definition) is 5. The summed E-state index contributed by atoms with van der Waals surface area (Å²) in [5, 5.41) is 0. The van der Waals surface area contributed by atoms with E-state index in [9.17, 15) is 18.8 Å². The Morgan fingerprint density at radius 2 is 1.74 bits per heavy atom. The number of amides is 4. The first kappa shape index (κ1) is 17.4. The lowest BCUT2D eigenvalue weighted by Crippen LogP contribution is -2.42. The van der Waals surface area contributed by atoms with Gasteiger partial charge in [-0.25, -0.2) is 19.1 Å². The molecule has 0 N–H and O–H groups in total. The van der Waals surface area contributed by atoms with Gasteiger partial charge in [-0.15, -0.1) is 0 Å². The Morgan fingerprint density at radius 3 is 2.44 bits per heavy atom. The molecule has 27 heavy (non-hydrogen) atoms. The summed E-state index contributed by atoms with van der Waals surface area (Å²) in [5.41, 5.74) is 0.620. The Kier molecular flexibility index (Phi) is 4.47. The second kappa shape index (κ2) is 6.94. The van der Waals surface area contributed by atoms with Crippen molar-refractivity contribution in [3.8, 4) is 11.3 Å². The highest BCUT2D eigenvalue weighted by molar-refractivity contribution is 6.44. The first-order valence-corrected chi connectivity index (χ1v) is 8.94. The van der Waals surface area contributed by atoms with Crippen molar-refractivity contribution in [3.05, 3.63) is 42.2 Å². The van der Waals surface area contributed by atoms with Crippen LogP contribution < -0.4 is 0 Å². The second-order valence-electron chi connectivity index (χ2n) is 6.77. The normalized spacial score (nSPS) is 18.6. The van der Waals surface area contributed by atoms with Gasteiger partial charge in [0.1, 0.15) is 12.4 Å². The molecule has 8 heteroatoms. The van der Waals surface area contributed by atoms with E-state index in [0.29, 0.717) is 11.3 Å². The van der Waals surface area contributed by atoms with Crippen LogP contribution in [0, 0.1) is 5.82 Å². The zero-order valence-electron chi connectivity index (χ0n) is 14.6. The van der Waals surface area contributed by atoms with Gasteiger partial charge >= 0.3 is 17.8 Å². The predicted molar refractivity (Wildman–Crippen MR) is 91.6 cm³/mol. The lowest BCUT2D eigenvalue weighted by Gasteiger charge is -2.28. The molecular formula is C19H18FN3O4. The van der Waals surface area contributed by atoms with Crippen LogP contribution in [0.5, 0.6) is 0 Å². The van der Waals surface area contributed by atoms with Crippen LogP contribution in [0.4, 0.5) is 9.18 Å². The highest BCUT2D eigenvalue weighted by Gasteiger charge is 2.48. The van der Waals surface area contributed by atoms with E-state index in [1.54, 1.807) is 12.1 Å². The molecule has 1 aromatic carbocycles. The van der Waals surface area contributed by atoms with Crippen LogP contribution in [0.2, 0.25) is 0 Å². The first-order valence-electron chi connectivity index (χ1n) is 8.94. The van der Waals surface area contributed by atoms with Crippen molar-refractivity contribution in [1.29, 1.82) is 0 Å². The van der Waals surface area contributed by atoms with Crippen LogP contribution in [0.15, 0.2) is 34.9 Å². The van der Waals surface area contributed by atoms with E-state index in [2.05, 4.69) is 4.98 Å². The Morgan fingerprint density at radius 1 is 1.04 bits per heavy atom. The molecule has 0 radical (unpaired) electrons. The van der Waals surface area contributed by atoms with Crippen LogP contribution in [0.1, 0.15) is 38.0 Å². The third-order valence-electron chi connectivity index (χ3n) is 5.00. The summed E-state index contributed by atoms with van der Waals surface area (Å²) in [6.45, 7) is -0.214. The number of carbonyl (C=O) groups is 3. The van der Waals surface area contributed by atoms with Crippen LogP contribution in [0.25, 0.3) is 11.3 Å². The summed E-state index contributed by atoms with van der Waals surface area (Å²) in [7, 11) is 0. The second-order valence-corrected chi connectivity index (χ2v) is 6.77. The third-order valence-corrected chi connectivity index (χ3v) is 5.00. The Labute approximate surface area is 154 Å². The van der Waals surface area contributed by atoms with Gasteiger partial charge in [-0.05, 0) is 37.1 Å². The largest absolute Gasteiger partial charge is 0.439 e. The summed E-state index contributed by atoms with van der Waals surface area (Å²) in [6, 6.07) is 4.85. The van der Waals surface area contributed by atoms with E-state index in [4.69, 9.17) is 4.42 Å². The molecule has 4 amide bonds. The lowest BCUT2D eigenvalue weighted by atomic mass is 9.94. The minimum atomic E-state index is -0.855. The van der Waals surface area contributed by atoms with E-state index < -0.39 is 17.8 Å². The summed E-state index contributed by atoms with van der Waals surface area (Å²) in [6.07, 6.45) is 5.85. The molecule has 1 saturated heterocycles. The Balaban J connectivity index is 1.51. The number of hydrogen-bond donors (Lipinski definition) is 0. The zero-order valence-corrected chi connectivity index (χ0v) is 14.6. The smallest absolute Gasteiger partial charge is 0.334 e. The molecule has 0 bridgehead atoms. The number of oxazole rings is 1. The average molecular weight is 371 g/mol. The maximum atomic E-state index is 13.0. The molecule has 1 aromatic heterocycles. The fraction of sp³-hybridized carbons (Fsp3) is 0.368. The van der Waals surface area contributed by atoms with Crippen molar-refractivity contribution < 1.29 is 23.2 Å². The number of carbonyl (C=O) groups excluding carboxylic acids is 3. The number of benzene rings is 1. The SMILES string of the molecule is O=C1C(=O)N(C2CCCCC2)C(=O)N1Cc1ncc(-c2ccc(F)cc2)o1. The number of urea groups is 1. The molecule has 1 saturated carbocycles. The molecule has 1 aliphatic carbocycles. The van der Waals surface area contributed by atoms with Gasteiger partial charge in [0.25, 0.3) is 0 Å². The van der Waals surface area contributed by atoms with E-state index in [-0.39, 0.29) is 24.3 Å². The molecule has 2 heterocycles. The van der Waals surface area contributed by atoms with E-state index >= 15 is 0 Å². The third kappa shape index (κ3) is 3.22. The minimum Gasteiger partial charge on any atom is -0.439 e. The van der Waals surface area contributed by atoms with Crippen LogP contribution in [0.3, 0.4) is 0 Å². The molecule has 2 aliphatic rings. The predicted octanol–water partition coefficient (Wildman–Crippen LogP) is 3.10. The monoisotopic (exact) mass is 371 g/mol. The summed E-state index contributed by atoms with van der Waals surface area (Å²) in [5.74, 6) is -1.48. The maximum Gasteiger partial charge on any atom is 0.334 e. The number of rotatable bonds is 4.